The van der Waals surface area contributed by atoms with Crippen molar-refractivity contribution in [1.82, 2.24) is 0 Å². The first-order valence-electron chi connectivity index (χ1n) is 5.04. The molecule has 0 atom stereocenters. The number of amidine groups is 1. The van der Waals surface area contributed by atoms with E-state index in [1.807, 2.05) is 24.3 Å². The van der Waals surface area contributed by atoms with E-state index in [2.05, 4.69) is 12.0 Å². The van der Waals surface area contributed by atoms with Crippen molar-refractivity contribution in [2.45, 2.75) is 19.8 Å². The van der Waals surface area contributed by atoms with E-state index in [0.29, 0.717) is 5.84 Å². The first-order chi connectivity index (χ1) is 7.27. The minimum atomic E-state index is 0.329. The van der Waals surface area contributed by atoms with Crippen molar-refractivity contribution in [3.05, 3.63) is 29.8 Å². The second-order valence-electron chi connectivity index (χ2n) is 3.24. The normalized spacial score (nSPS) is 11.4. The molecule has 0 unspecified atom stereocenters. The van der Waals surface area contributed by atoms with Crippen molar-refractivity contribution in [1.29, 1.82) is 0 Å². The Labute approximate surface area is 89.9 Å². The monoisotopic (exact) mass is 207 g/mol. The van der Waals surface area contributed by atoms with Gasteiger partial charge in [0.15, 0.2) is 0 Å². The summed E-state index contributed by atoms with van der Waals surface area (Å²) in [5, 5.41) is 3.42. The maximum atomic E-state index is 5.55. The molecule has 0 saturated carbocycles. The summed E-state index contributed by atoms with van der Waals surface area (Å²) >= 11 is 0. The number of ether oxygens (including phenoxy) is 1. The molecule has 1 rings (SSSR count). The third-order valence-electron chi connectivity index (χ3n) is 2.06. The van der Waals surface area contributed by atoms with Crippen molar-refractivity contribution in [2.75, 3.05) is 6.61 Å². The molecule has 0 heterocycles. The highest BCUT2D eigenvalue weighted by Crippen LogP contribution is 2.12. The van der Waals surface area contributed by atoms with Crippen LogP contribution in [0.2, 0.25) is 0 Å². The molecule has 15 heavy (non-hydrogen) atoms. The number of hydrazone groups is 1. The van der Waals surface area contributed by atoms with Crippen LogP contribution in [0.5, 0.6) is 5.75 Å². The zero-order chi connectivity index (χ0) is 11.1. The average molecular weight is 207 g/mol. The molecule has 0 fully saturated rings. The van der Waals surface area contributed by atoms with Gasteiger partial charge < -0.3 is 16.3 Å². The topological polar surface area (TPSA) is 73.6 Å². The number of nitrogens with two attached hydrogens (primary N) is 2. The second kappa shape index (κ2) is 5.90. The predicted molar refractivity (Wildman–Crippen MR) is 61.8 cm³/mol. The fourth-order valence-electron chi connectivity index (χ4n) is 1.13. The van der Waals surface area contributed by atoms with Gasteiger partial charge in [0.1, 0.15) is 11.6 Å². The van der Waals surface area contributed by atoms with Crippen LogP contribution in [-0.4, -0.2) is 12.4 Å². The predicted octanol–water partition coefficient (Wildman–Crippen LogP) is 1.44. The Kier molecular flexibility index (Phi) is 4.47. The SMILES string of the molecule is CCCCOc1ccc(/C(N)=N/N)cc1. The zero-order valence-electron chi connectivity index (χ0n) is 8.94. The molecule has 1 aromatic carbocycles. The Morgan fingerprint density at radius 3 is 2.53 bits per heavy atom. The van der Waals surface area contributed by atoms with E-state index in [4.69, 9.17) is 16.3 Å². The third kappa shape index (κ3) is 3.50. The highest BCUT2D eigenvalue weighted by atomic mass is 16.5. The quantitative estimate of drug-likeness (QED) is 0.252. The Hall–Kier alpha value is -1.71. The van der Waals surface area contributed by atoms with Gasteiger partial charge in [0.2, 0.25) is 0 Å². The lowest BCUT2D eigenvalue weighted by molar-refractivity contribution is 0.309. The molecule has 0 aliphatic rings. The van der Waals surface area contributed by atoms with E-state index in [-0.39, 0.29) is 0 Å². The van der Waals surface area contributed by atoms with Gasteiger partial charge >= 0.3 is 0 Å². The number of hydrogen-bond donors (Lipinski definition) is 2. The lowest BCUT2D eigenvalue weighted by atomic mass is 10.2. The highest BCUT2D eigenvalue weighted by molar-refractivity contribution is 5.97. The van der Waals surface area contributed by atoms with Gasteiger partial charge in [-0.2, -0.15) is 5.10 Å². The molecule has 0 aliphatic heterocycles. The van der Waals surface area contributed by atoms with E-state index in [1.54, 1.807) is 0 Å². The third-order valence-corrected chi connectivity index (χ3v) is 2.06. The molecule has 0 aromatic heterocycles. The Morgan fingerprint density at radius 1 is 1.33 bits per heavy atom. The smallest absolute Gasteiger partial charge is 0.150 e. The Balaban J connectivity index is 2.56. The number of hydrogen-bond acceptors (Lipinski definition) is 3. The van der Waals surface area contributed by atoms with Crippen molar-refractivity contribution in [3.8, 4) is 5.75 Å². The summed E-state index contributed by atoms with van der Waals surface area (Å²) in [6.07, 6.45) is 2.19. The fraction of sp³-hybridized carbons (Fsp3) is 0.364. The lowest BCUT2D eigenvalue weighted by Crippen LogP contribution is -2.15. The Bertz CT molecular complexity index is 319. The maximum Gasteiger partial charge on any atom is 0.150 e. The molecule has 0 bridgehead atoms. The van der Waals surface area contributed by atoms with Gasteiger partial charge in [-0.3, -0.25) is 0 Å². The number of nitrogens with zero attached hydrogens (tertiary/aromatic N) is 1. The lowest BCUT2D eigenvalue weighted by Gasteiger charge is -2.05. The molecule has 0 amide bonds. The molecule has 4 nitrogen and oxygen atoms in total. The maximum absolute atomic E-state index is 5.55. The van der Waals surface area contributed by atoms with Gasteiger partial charge in [-0.05, 0) is 30.7 Å². The molecule has 4 heteroatoms. The molecular weight excluding hydrogens is 190 g/mol. The van der Waals surface area contributed by atoms with Crippen LogP contribution >= 0.6 is 0 Å². The van der Waals surface area contributed by atoms with E-state index < -0.39 is 0 Å². The van der Waals surface area contributed by atoms with Crippen molar-refractivity contribution >= 4 is 5.84 Å². The fourth-order valence-corrected chi connectivity index (χ4v) is 1.13. The van der Waals surface area contributed by atoms with Gasteiger partial charge in [-0.15, -0.1) is 0 Å². The van der Waals surface area contributed by atoms with Crippen LogP contribution in [0.1, 0.15) is 25.3 Å². The minimum Gasteiger partial charge on any atom is -0.494 e. The zero-order valence-corrected chi connectivity index (χ0v) is 8.94. The van der Waals surface area contributed by atoms with Crippen molar-refractivity contribution in [2.24, 2.45) is 16.7 Å². The first kappa shape index (κ1) is 11.4. The Morgan fingerprint density at radius 2 is 2.00 bits per heavy atom. The van der Waals surface area contributed by atoms with E-state index in [0.717, 1.165) is 30.8 Å². The molecule has 82 valence electrons. The van der Waals surface area contributed by atoms with Crippen LogP contribution < -0.4 is 16.3 Å². The van der Waals surface area contributed by atoms with Crippen LogP contribution in [0.4, 0.5) is 0 Å². The molecule has 4 N–H and O–H groups in total. The summed E-state index contributed by atoms with van der Waals surface area (Å²) in [4.78, 5) is 0. The van der Waals surface area contributed by atoms with Crippen LogP contribution in [-0.2, 0) is 0 Å². The standard InChI is InChI=1S/C11H17N3O/c1-2-3-8-15-10-6-4-9(5-7-10)11(12)14-13/h4-7H,2-3,8,13H2,1H3,(H2,12,14). The summed E-state index contributed by atoms with van der Waals surface area (Å²) in [7, 11) is 0. The summed E-state index contributed by atoms with van der Waals surface area (Å²) in [5.74, 6) is 6.25. The van der Waals surface area contributed by atoms with Gasteiger partial charge in [0, 0.05) is 5.56 Å². The highest BCUT2D eigenvalue weighted by Gasteiger charge is 1.98. The van der Waals surface area contributed by atoms with Crippen LogP contribution in [0.3, 0.4) is 0 Å². The van der Waals surface area contributed by atoms with Crippen molar-refractivity contribution < 1.29 is 4.74 Å². The van der Waals surface area contributed by atoms with Gasteiger partial charge in [-0.25, -0.2) is 0 Å². The van der Waals surface area contributed by atoms with Crippen molar-refractivity contribution in [3.63, 3.8) is 0 Å². The van der Waals surface area contributed by atoms with E-state index in [1.165, 1.54) is 0 Å². The largest absolute Gasteiger partial charge is 0.494 e. The first-order valence-corrected chi connectivity index (χ1v) is 5.04. The summed E-state index contributed by atoms with van der Waals surface area (Å²) in [6, 6.07) is 7.41. The van der Waals surface area contributed by atoms with Gasteiger partial charge in [0.05, 0.1) is 6.61 Å². The summed E-state index contributed by atoms with van der Waals surface area (Å²) in [5.41, 5.74) is 6.36. The average Bonchev–Trinajstić information content (AvgIpc) is 2.29. The molecule has 0 spiro atoms. The van der Waals surface area contributed by atoms with Crippen LogP contribution in [0.25, 0.3) is 0 Å². The number of unbranched alkanes of at least 4 members (excludes halogenated alkanes) is 1. The minimum absolute atomic E-state index is 0.329. The molecule has 0 saturated heterocycles. The summed E-state index contributed by atoms with van der Waals surface area (Å²) < 4.78 is 5.50. The summed E-state index contributed by atoms with van der Waals surface area (Å²) in [6.45, 7) is 2.88. The molecular formula is C11H17N3O. The molecule has 1 aromatic rings. The van der Waals surface area contributed by atoms with Gasteiger partial charge in [0.25, 0.3) is 0 Å². The number of benzene rings is 1. The van der Waals surface area contributed by atoms with Crippen LogP contribution in [0.15, 0.2) is 29.4 Å². The molecule has 0 aliphatic carbocycles. The molecule has 0 radical (unpaired) electrons. The van der Waals surface area contributed by atoms with E-state index in [9.17, 15) is 0 Å². The van der Waals surface area contributed by atoms with E-state index >= 15 is 0 Å². The second-order valence-corrected chi connectivity index (χ2v) is 3.24. The van der Waals surface area contributed by atoms with Crippen LogP contribution in [0, 0.1) is 0 Å². The van der Waals surface area contributed by atoms with Gasteiger partial charge in [-0.1, -0.05) is 13.3 Å². The number of rotatable bonds is 5.